The average molecular weight is 355 g/mol. The van der Waals surface area contributed by atoms with Gasteiger partial charge in [-0.15, -0.1) is 0 Å². The number of nitrogens with zero attached hydrogens (tertiary/aromatic N) is 3. The van der Waals surface area contributed by atoms with Crippen molar-refractivity contribution < 1.29 is 18.0 Å². The van der Waals surface area contributed by atoms with E-state index in [-0.39, 0.29) is 5.91 Å². The summed E-state index contributed by atoms with van der Waals surface area (Å²) in [6.07, 6.45) is 1.52. The maximum atomic E-state index is 12.3. The molecule has 1 saturated heterocycles. The Morgan fingerprint density at radius 1 is 1.12 bits per heavy atom. The van der Waals surface area contributed by atoms with Crippen LogP contribution in [0.2, 0.25) is 0 Å². The lowest BCUT2D eigenvalue weighted by atomic mass is 10.2. The van der Waals surface area contributed by atoms with Crippen LogP contribution >= 0.6 is 0 Å². The molecule has 26 heavy (non-hydrogen) atoms. The third-order valence-electron chi connectivity index (χ3n) is 4.61. The first kappa shape index (κ1) is 16.7. The maximum absolute atomic E-state index is 12.3. The van der Waals surface area contributed by atoms with Crippen LogP contribution < -0.4 is 0 Å². The number of piperazine rings is 1. The Balaban J connectivity index is 1.37. The van der Waals surface area contributed by atoms with Crippen molar-refractivity contribution in [1.29, 1.82) is 0 Å². The summed E-state index contributed by atoms with van der Waals surface area (Å²) in [5, 5.41) is 0. The smallest absolute Gasteiger partial charge is 0.289 e. The first-order valence-corrected chi connectivity index (χ1v) is 8.68. The number of furan rings is 2. The van der Waals surface area contributed by atoms with Crippen LogP contribution in [0.25, 0.3) is 11.7 Å². The predicted octanol–water partition coefficient (Wildman–Crippen LogP) is 3.10. The lowest BCUT2D eigenvalue weighted by Gasteiger charge is -2.33. The van der Waals surface area contributed by atoms with Gasteiger partial charge in [0, 0.05) is 32.7 Å². The molecule has 0 atom stereocenters. The minimum Gasteiger partial charge on any atom is -0.459 e. The van der Waals surface area contributed by atoms with Crippen LogP contribution in [0.15, 0.2) is 43.8 Å². The van der Waals surface area contributed by atoms with Gasteiger partial charge < -0.3 is 18.2 Å². The number of amides is 1. The second-order valence-corrected chi connectivity index (χ2v) is 6.48. The fourth-order valence-electron chi connectivity index (χ4n) is 3.11. The molecule has 0 N–H and O–H groups in total. The van der Waals surface area contributed by atoms with E-state index < -0.39 is 0 Å². The molecule has 7 heteroatoms. The van der Waals surface area contributed by atoms with Gasteiger partial charge in [-0.05, 0) is 38.1 Å². The molecule has 0 radical (unpaired) electrons. The van der Waals surface area contributed by atoms with E-state index >= 15 is 0 Å². The third-order valence-corrected chi connectivity index (χ3v) is 4.61. The molecule has 0 bridgehead atoms. The molecule has 1 aliphatic rings. The third kappa shape index (κ3) is 3.30. The molecule has 3 aromatic heterocycles. The van der Waals surface area contributed by atoms with Crippen molar-refractivity contribution >= 4 is 5.91 Å². The normalized spacial score (nSPS) is 15.5. The van der Waals surface area contributed by atoms with Gasteiger partial charge >= 0.3 is 0 Å². The lowest BCUT2D eigenvalue weighted by Crippen LogP contribution is -2.48. The van der Waals surface area contributed by atoms with Crippen molar-refractivity contribution in [3.05, 3.63) is 53.5 Å². The number of rotatable bonds is 4. The van der Waals surface area contributed by atoms with E-state index in [9.17, 15) is 4.79 Å². The second kappa shape index (κ2) is 6.84. The van der Waals surface area contributed by atoms with Gasteiger partial charge in [0.05, 0.1) is 12.0 Å². The van der Waals surface area contributed by atoms with Crippen molar-refractivity contribution in [1.82, 2.24) is 14.8 Å². The summed E-state index contributed by atoms with van der Waals surface area (Å²) >= 11 is 0. The standard InChI is InChI=1S/C19H21N3O4/c1-13-5-6-16(25-13)18-20-15(14(2)26-18)12-21-7-9-22(10-8-21)19(23)17-4-3-11-24-17/h3-6,11H,7-10,12H2,1-2H3. The highest BCUT2D eigenvalue weighted by Crippen LogP contribution is 2.24. The molecule has 1 aliphatic heterocycles. The van der Waals surface area contributed by atoms with Gasteiger partial charge in [-0.3, -0.25) is 9.69 Å². The van der Waals surface area contributed by atoms with E-state index in [2.05, 4.69) is 9.88 Å². The summed E-state index contributed by atoms with van der Waals surface area (Å²) in [7, 11) is 0. The van der Waals surface area contributed by atoms with Gasteiger partial charge in [-0.1, -0.05) is 0 Å². The maximum Gasteiger partial charge on any atom is 0.289 e. The van der Waals surface area contributed by atoms with Crippen molar-refractivity contribution in [3.8, 4) is 11.7 Å². The zero-order valence-electron chi connectivity index (χ0n) is 14.9. The minimum absolute atomic E-state index is 0.0530. The fourth-order valence-corrected chi connectivity index (χ4v) is 3.11. The molecular formula is C19H21N3O4. The fraction of sp³-hybridized carbons (Fsp3) is 0.368. The average Bonchev–Trinajstić information content (AvgIpc) is 3.37. The van der Waals surface area contributed by atoms with E-state index in [1.54, 1.807) is 12.1 Å². The number of oxazole rings is 1. The monoisotopic (exact) mass is 355 g/mol. The number of aryl methyl sites for hydroxylation is 2. The van der Waals surface area contributed by atoms with Crippen LogP contribution in [0, 0.1) is 13.8 Å². The Bertz CT molecular complexity index is 886. The van der Waals surface area contributed by atoms with Gasteiger partial charge in [-0.25, -0.2) is 4.98 Å². The van der Waals surface area contributed by atoms with Crippen LogP contribution in [-0.4, -0.2) is 46.9 Å². The van der Waals surface area contributed by atoms with Crippen LogP contribution in [0.1, 0.15) is 27.8 Å². The summed E-state index contributed by atoms with van der Waals surface area (Å²) in [4.78, 5) is 21.0. The van der Waals surface area contributed by atoms with Crippen LogP contribution in [0.5, 0.6) is 0 Å². The lowest BCUT2D eigenvalue weighted by molar-refractivity contribution is 0.0596. The Morgan fingerprint density at radius 3 is 2.58 bits per heavy atom. The zero-order chi connectivity index (χ0) is 18.1. The molecule has 0 spiro atoms. The first-order chi connectivity index (χ1) is 12.6. The van der Waals surface area contributed by atoms with Crippen molar-refractivity contribution in [3.63, 3.8) is 0 Å². The largest absolute Gasteiger partial charge is 0.459 e. The molecule has 4 rings (SSSR count). The molecule has 0 aromatic carbocycles. The molecule has 0 unspecified atom stereocenters. The highest BCUT2D eigenvalue weighted by atomic mass is 16.4. The SMILES string of the molecule is Cc1ccc(-c2nc(CN3CCN(C(=O)c4ccco4)CC3)c(C)o2)o1. The van der Waals surface area contributed by atoms with Gasteiger partial charge in [0.1, 0.15) is 11.5 Å². The van der Waals surface area contributed by atoms with Crippen LogP contribution in [0.4, 0.5) is 0 Å². The molecule has 3 aromatic rings. The molecule has 1 fully saturated rings. The Kier molecular flexibility index (Phi) is 4.38. The van der Waals surface area contributed by atoms with E-state index in [1.807, 2.05) is 30.9 Å². The second-order valence-electron chi connectivity index (χ2n) is 6.48. The number of carbonyl (C=O) groups is 1. The van der Waals surface area contributed by atoms with Gasteiger partial charge in [0.2, 0.25) is 0 Å². The highest BCUT2D eigenvalue weighted by molar-refractivity contribution is 5.91. The Hall–Kier alpha value is -2.80. The molecule has 4 heterocycles. The summed E-state index contributed by atoms with van der Waals surface area (Å²) < 4.78 is 16.5. The van der Waals surface area contributed by atoms with E-state index in [4.69, 9.17) is 13.3 Å². The Labute approximate surface area is 151 Å². The zero-order valence-corrected chi connectivity index (χ0v) is 14.9. The Morgan fingerprint density at radius 2 is 1.92 bits per heavy atom. The quantitative estimate of drug-likeness (QED) is 0.716. The number of carbonyl (C=O) groups excluding carboxylic acids is 1. The van der Waals surface area contributed by atoms with E-state index in [0.29, 0.717) is 37.0 Å². The van der Waals surface area contributed by atoms with Crippen molar-refractivity contribution in [2.45, 2.75) is 20.4 Å². The van der Waals surface area contributed by atoms with Crippen LogP contribution in [-0.2, 0) is 6.54 Å². The molecule has 136 valence electrons. The van der Waals surface area contributed by atoms with Crippen molar-refractivity contribution in [2.24, 2.45) is 0 Å². The van der Waals surface area contributed by atoms with Crippen molar-refractivity contribution in [2.75, 3.05) is 26.2 Å². The van der Waals surface area contributed by atoms with E-state index in [0.717, 1.165) is 30.3 Å². The molecule has 0 saturated carbocycles. The highest BCUT2D eigenvalue weighted by Gasteiger charge is 2.25. The molecule has 7 nitrogen and oxygen atoms in total. The van der Waals surface area contributed by atoms with Gasteiger partial charge in [0.25, 0.3) is 11.8 Å². The number of hydrogen-bond donors (Lipinski definition) is 0. The first-order valence-electron chi connectivity index (χ1n) is 8.68. The molecule has 0 aliphatic carbocycles. The minimum atomic E-state index is -0.0530. The van der Waals surface area contributed by atoms with E-state index in [1.165, 1.54) is 6.26 Å². The topological polar surface area (TPSA) is 75.9 Å². The van der Waals surface area contributed by atoms with Crippen LogP contribution in [0.3, 0.4) is 0 Å². The van der Waals surface area contributed by atoms with Gasteiger partial charge in [-0.2, -0.15) is 0 Å². The molecular weight excluding hydrogens is 334 g/mol. The predicted molar refractivity (Wildman–Crippen MR) is 93.6 cm³/mol. The number of hydrogen-bond acceptors (Lipinski definition) is 6. The molecule has 1 amide bonds. The van der Waals surface area contributed by atoms with Gasteiger partial charge in [0.15, 0.2) is 11.5 Å². The summed E-state index contributed by atoms with van der Waals surface area (Å²) in [5.74, 6) is 3.12. The summed E-state index contributed by atoms with van der Waals surface area (Å²) in [5.41, 5.74) is 0.903. The summed E-state index contributed by atoms with van der Waals surface area (Å²) in [6.45, 7) is 7.41. The number of aromatic nitrogens is 1. The summed E-state index contributed by atoms with van der Waals surface area (Å²) in [6, 6.07) is 7.19.